The first kappa shape index (κ1) is 13.6. The van der Waals surface area contributed by atoms with Gasteiger partial charge in [-0.15, -0.1) is 0 Å². The molecule has 0 aromatic rings. The Morgan fingerprint density at radius 2 is 2.21 bits per heavy atom. The molecule has 0 heterocycles. The van der Waals surface area contributed by atoms with Crippen molar-refractivity contribution in [1.82, 2.24) is 10.2 Å². The number of ether oxygens (including phenoxy) is 1. The first-order valence-electron chi connectivity index (χ1n) is 5.33. The monoisotopic (exact) mass is 202 g/mol. The van der Waals surface area contributed by atoms with E-state index in [4.69, 9.17) is 4.74 Å². The van der Waals surface area contributed by atoms with Crippen LogP contribution in [0.5, 0.6) is 0 Å². The number of rotatable bonds is 9. The summed E-state index contributed by atoms with van der Waals surface area (Å²) >= 11 is 0. The van der Waals surface area contributed by atoms with E-state index in [9.17, 15) is 0 Å². The molecule has 14 heavy (non-hydrogen) atoms. The highest BCUT2D eigenvalue weighted by molar-refractivity contribution is 4.79. The number of hydrogen-bond donors (Lipinski definition) is 1. The fourth-order valence-electron chi connectivity index (χ4n) is 1.09. The smallest absolute Gasteiger partial charge is 0.0590 e. The van der Waals surface area contributed by atoms with E-state index in [1.807, 2.05) is 7.05 Å². The van der Waals surface area contributed by atoms with Crippen molar-refractivity contribution in [2.24, 2.45) is 0 Å². The molecule has 1 N–H and O–H groups in total. The maximum atomic E-state index is 5.42. The largest absolute Gasteiger partial charge is 0.380 e. The van der Waals surface area contributed by atoms with Gasteiger partial charge in [0.15, 0.2) is 0 Å². The standard InChI is InChI=1S/C11H24N2O.H2/c1-4-5-8-13(3)9-6-10-14-11-7-12-2;/h4-5,12H,6-11H2,1-3H3;1H/b5-4-;. The van der Waals surface area contributed by atoms with Crippen LogP contribution in [0, 0.1) is 0 Å². The third kappa shape index (κ3) is 9.71. The van der Waals surface area contributed by atoms with Crippen molar-refractivity contribution in [3.63, 3.8) is 0 Å². The molecule has 0 amide bonds. The van der Waals surface area contributed by atoms with Crippen molar-refractivity contribution in [2.75, 3.05) is 46.9 Å². The van der Waals surface area contributed by atoms with Gasteiger partial charge in [-0.25, -0.2) is 0 Å². The Labute approximate surface area is 89.6 Å². The Bertz CT molecular complexity index is 143. The number of allylic oxidation sites excluding steroid dienone is 1. The van der Waals surface area contributed by atoms with Gasteiger partial charge in [-0.3, -0.25) is 0 Å². The fourth-order valence-corrected chi connectivity index (χ4v) is 1.09. The fraction of sp³-hybridized carbons (Fsp3) is 0.818. The first-order valence-corrected chi connectivity index (χ1v) is 5.33. The van der Waals surface area contributed by atoms with Gasteiger partial charge in [0, 0.05) is 27.7 Å². The number of nitrogens with zero attached hydrogens (tertiary/aromatic N) is 1. The van der Waals surface area contributed by atoms with Gasteiger partial charge in [0.1, 0.15) is 0 Å². The van der Waals surface area contributed by atoms with E-state index in [2.05, 4.69) is 36.3 Å². The zero-order valence-corrected chi connectivity index (χ0v) is 9.75. The summed E-state index contributed by atoms with van der Waals surface area (Å²) in [6.07, 6.45) is 5.36. The molecule has 0 unspecified atom stereocenters. The van der Waals surface area contributed by atoms with Crippen LogP contribution in [-0.2, 0) is 4.74 Å². The molecule has 0 fully saturated rings. The van der Waals surface area contributed by atoms with E-state index in [0.29, 0.717) is 0 Å². The molecule has 0 aromatic heterocycles. The summed E-state index contributed by atoms with van der Waals surface area (Å²) in [6, 6.07) is 0. The average molecular weight is 202 g/mol. The molecule has 0 spiro atoms. The first-order chi connectivity index (χ1) is 6.81. The summed E-state index contributed by atoms with van der Waals surface area (Å²) < 4.78 is 5.42. The zero-order chi connectivity index (χ0) is 10.6. The minimum absolute atomic E-state index is 0. The highest BCUT2D eigenvalue weighted by atomic mass is 16.5. The molecular weight excluding hydrogens is 176 g/mol. The van der Waals surface area contributed by atoms with E-state index in [1.165, 1.54) is 0 Å². The van der Waals surface area contributed by atoms with Crippen LogP contribution in [0.2, 0.25) is 0 Å². The molecule has 0 saturated heterocycles. The summed E-state index contributed by atoms with van der Waals surface area (Å²) in [5.41, 5.74) is 0. The second-order valence-electron chi connectivity index (χ2n) is 3.40. The molecule has 3 nitrogen and oxygen atoms in total. The van der Waals surface area contributed by atoms with Crippen molar-refractivity contribution in [3.05, 3.63) is 12.2 Å². The summed E-state index contributed by atoms with van der Waals surface area (Å²) in [7, 11) is 4.07. The Kier molecular flexibility index (Phi) is 10.4. The van der Waals surface area contributed by atoms with Gasteiger partial charge in [0.2, 0.25) is 0 Å². The Morgan fingerprint density at radius 3 is 2.86 bits per heavy atom. The maximum absolute atomic E-state index is 5.42. The molecule has 0 bridgehead atoms. The van der Waals surface area contributed by atoms with Gasteiger partial charge in [-0.05, 0) is 27.4 Å². The third-order valence-electron chi connectivity index (χ3n) is 1.98. The SMILES string of the molecule is C/C=C\CN(C)CCCOCCNC.[HH]. The van der Waals surface area contributed by atoms with Crippen molar-refractivity contribution in [2.45, 2.75) is 13.3 Å². The Balaban J connectivity index is 0. The highest BCUT2D eigenvalue weighted by Crippen LogP contribution is 1.89. The van der Waals surface area contributed by atoms with E-state index in [0.717, 1.165) is 39.3 Å². The molecule has 0 atom stereocenters. The lowest BCUT2D eigenvalue weighted by Crippen LogP contribution is -2.21. The van der Waals surface area contributed by atoms with E-state index in [-0.39, 0.29) is 1.43 Å². The van der Waals surface area contributed by atoms with Gasteiger partial charge in [0.05, 0.1) is 6.61 Å². The highest BCUT2D eigenvalue weighted by Gasteiger charge is 1.94. The predicted octanol–water partition coefficient (Wildman–Crippen LogP) is 1.37. The van der Waals surface area contributed by atoms with Crippen molar-refractivity contribution in [3.8, 4) is 0 Å². The summed E-state index contributed by atoms with van der Waals surface area (Å²) in [4.78, 5) is 2.29. The molecule has 0 saturated carbocycles. The molecule has 0 radical (unpaired) electrons. The number of hydrogen-bond acceptors (Lipinski definition) is 3. The maximum Gasteiger partial charge on any atom is 0.0590 e. The van der Waals surface area contributed by atoms with Gasteiger partial charge < -0.3 is 15.0 Å². The van der Waals surface area contributed by atoms with Crippen LogP contribution in [0.1, 0.15) is 14.8 Å². The number of likely N-dealkylation sites (N-methyl/N-ethyl adjacent to an activating group) is 2. The normalized spacial score (nSPS) is 11.7. The molecule has 0 aromatic carbocycles. The molecule has 0 aliphatic rings. The van der Waals surface area contributed by atoms with E-state index in [1.54, 1.807) is 0 Å². The Morgan fingerprint density at radius 1 is 1.43 bits per heavy atom. The van der Waals surface area contributed by atoms with Crippen LogP contribution in [0.15, 0.2) is 12.2 Å². The lowest BCUT2D eigenvalue weighted by atomic mass is 10.4. The third-order valence-corrected chi connectivity index (χ3v) is 1.98. The molecular formula is C11H26N2O. The Hall–Kier alpha value is -0.380. The quantitative estimate of drug-likeness (QED) is 0.451. The van der Waals surface area contributed by atoms with E-state index >= 15 is 0 Å². The molecule has 0 rings (SSSR count). The van der Waals surface area contributed by atoms with Gasteiger partial charge in [-0.1, -0.05) is 12.2 Å². The molecule has 86 valence electrons. The summed E-state index contributed by atoms with van der Waals surface area (Å²) in [5.74, 6) is 0. The second kappa shape index (κ2) is 10.7. The zero-order valence-electron chi connectivity index (χ0n) is 9.75. The molecule has 0 aliphatic carbocycles. The average Bonchev–Trinajstić information content (AvgIpc) is 2.20. The van der Waals surface area contributed by atoms with Crippen LogP contribution in [-0.4, -0.2) is 51.8 Å². The van der Waals surface area contributed by atoms with Crippen LogP contribution >= 0.6 is 0 Å². The van der Waals surface area contributed by atoms with Crippen LogP contribution < -0.4 is 5.32 Å². The van der Waals surface area contributed by atoms with Crippen molar-refractivity contribution >= 4 is 0 Å². The van der Waals surface area contributed by atoms with E-state index < -0.39 is 0 Å². The van der Waals surface area contributed by atoms with Crippen LogP contribution in [0.3, 0.4) is 0 Å². The van der Waals surface area contributed by atoms with Crippen molar-refractivity contribution < 1.29 is 6.16 Å². The van der Waals surface area contributed by atoms with Crippen molar-refractivity contribution in [1.29, 1.82) is 0 Å². The van der Waals surface area contributed by atoms with Gasteiger partial charge in [0.25, 0.3) is 0 Å². The van der Waals surface area contributed by atoms with Gasteiger partial charge in [-0.2, -0.15) is 0 Å². The predicted molar refractivity (Wildman–Crippen MR) is 63.8 cm³/mol. The van der Waals surface area contributed by atoms with Gasteiger partial charge >= 0.3 is 0 Å². The lowest BCUT2D eigenvalue weighted by molar-refractivity contribution is 0.127. The topological polar surface area (TPSA) is 24.5 Å². The minimum Gasteiger partial charge on any atom is -0.380 e. The second-order valence-corrected chi connectivity index (χ2v) is 3.40. The minimum atomic E-state index is 0. The lowest BCUT2D eigenvalue weighted by Gasteiger charge is -2.13. The summed E-state index contributed by atoms with van der Waals surface area (Å²) in [5, 5.41) is 3.05. The molecule has 0 aliphatic heterocycles. The summed E-state index contributed by atoms with van der Waals surface area (Å²) in [6.45, 7) is 6.80. The van der Waals surface area contributed by atoms with Crippen LogP contribution in [0.25, 0.3) is 0 Å². The number of nitrogens with one attached hydrogen (secondary N) is 1. The molecule has 3 heteroatoms. The van der Waals surface area contributed by atoms with Crippen LogP contribution in [0.4, 0.5) is 0 Å².